The number of hydrogen-bond donors (Lipinski definition) is 2. The maximum atomic E-state index is 12.6. The fraction of sp³-hybridized carbons (Fsp3) is 0.476. The van der Waals surface area contributed by atoms with Gasteiger partial charge in [-0.05, 0) is 43.9 Å². The summed E-state index contributed by atoms with van der Waals surface area (Å²) < 4.78 is 4.98. The number of carbonyl (C=O) groups excluding carboxylic acids is 3. The van der Waals surface area contributed by atoms with E-state index in [-0.39, 0.29) is 17.9 Å². The second kappa shape index (κ2) is 8.46. The highest BCUT2D eigenvalue weighted by atomic mass is 16.5. The van der Waals surface area contributed by atoms with Crippen LogP contribution in [-0.4, -0.2) is 36.5 Å². The largest absolute Gasteiger partial charge is 0.466 e. The Morgan fingerprint density at radius 2 is 1.93 bits per heavy atom. The monoisotopic (exact) mass is 385 g/mol. The van der Waals surface area contributed by atoms with Gasteiger partial charge < -0.3 is 15.4 Å². The number of amides is 3. The Morgan fingerprint density at radius 3 is 2.50 bits per heavy atom. The van der Waals surface area contributed by atoms with Gasteiger partial charge in [-0.25, -0.2) is 9.59 Å². The summed E-state index contributed by atoms with van der Waals surface area (Å²) in [6.45, 7) is 4.37. The van der Waals surface area contributed by atoms with Gasteiger partial charge in [0.05, 0.1) is 18.7 Å². The van der Waals surface area contributed by atoms with Crippen LogP contribution in [-0.2, 0) is 14.3 Å². The van der Waals surface area contributed by atoms with E-state index in [0.29, 0.717) is 23.5 Å². The molecule has 3 rings (SSSR count). The van der Waals surface area contributed by atoms with Crippen LogP contribution in [0.1, 0.15) is 51.1 Å². The van der Waals surface area contributed by atoms with Crippen LogP contribution in [0, 0.1) is 5.92 Å². The van der Waals surface area contributed by atoms with Gasteiger partial charge in [0, 0.05) is 23.8 Å². The van der Waals surface area contributed by atoms with Crippen molar-refractivity contribution in [3.05, 3.63) is 41.1 Å². The number of nitrogens with zero attached hydrogens (tertiary/aromatic N) is 1. The predicted molar refractivity (Wildman–Crippen MR) is 105 cm³/mol. The highest BCUT2D eigenvalue weighted by Gasteiger charge is 2.36. The maximum absolute atomic E-state index is 12.6. The standard InChI is InChI=1S/C21H27N3O4/c1-4-5-12-24-13(2)17(20(26)28-3)18(23-21(24)27)14-8-10-16(11-9-14)22-19(25)15-6-7-15/h8-11,15,18H,4-7,12H2,1-3H3,(H,22,25)(H,23,27)/t18-/m0/s1. The molecule has 1 fully saturated rings. The quantitative estimate of drug-likeness (QED) is 0.705. The summed E-state index contributed by atoms with van der Waals surface area (Å²) in [5.41, 5.74) is 2.49. The minimum atomic E-state index is -0.592. The zero-order valence-electron chi connectivity index (χ0n) is 16.6. The van der Waals surface area contributed by atoms with Crippen LogP contribution < -0.4 is 10.6 Å². The number of esters is 1. The van der Waals surface area contributed by atoms with E-state index in [1.54, 1.807) is 24.0 Å². The summed E-state index contributed by atoms with van der Waals surface area (Å²) in [4.78, 5) is 38.6. The minimum absolute atomic E-state index is 0.0382. The van der Waals surface area contributed by atoms with E-state index in [1.165, 1.54) is 7.11 Å². The fourth-order valence-electron chi connectivity index (χ4n) is 3.34. The number of anilines is 1. The number of ether oxygens (including phenoxy) is 1. The van der Waals surface area contributed by atoms with Crippen LogP contribution >= 0.6 is 0 Å². The molecule has 150 valence electrons. The van der Waals surface area contributed by atoms with E-state index in [1.807, 2.05) is 12.1 Å². The van der Waals surface area contributed by atoms with E-state index < -0.39 is 12.0 Å². The van der Waals surface area contributed by atoms with Crippen molar-refractivity contribution in [2.45, 2.75) is 45.6 Å². The van der Waals surface area contributed by atoms with Gasteiger partial charge >= 0.3 is 12.0 Å². The fourth-order valence-corrected chi connectivity index (χ4v) is 3.34. The summed E-state index contributed by atoms with van der Waals surface area (Å²) in [5.74, 6) is -0.297. The van der Waals surface area contributed by atoms with Crippen LogP contribution in [0.4, 0.5) is 10.5 Å². The first-order valence-electron chi connectivity index (χ1n) is 9.74. The average Bonchev–Trinajstić information content (AvgIpc) is 3.53. The van der Waals surface area contributed by atoms with Crippen LogP contribution in [0.5, 0.6) is 0 Å². The SMILES string of the molecule is CCCCN1C(=O)N[C@@H](c2ccc(NC(=O)C3CC3)cc2)C(C(=O)OC)=C1C. The molecule has 1 saturated carbocycles. The molecule has 2 N–H and O–H groups in total. The lowest BCUT2D eigenvalue weighted by atomic mass is 9.94. The van der Waals surface area contributed by atoms with Gasteiger partial charge in [0.25, 0.3) is 0 Å². The molecule has 1 aromatic rings. The number of unbranched alkanes of at least 4 members (excludes halogenated alkanes) is 1. The number of allylic oxidation sites excluding steroid dienone is 1. The third kappa shape index (κ3) is 4.18. The molecule has 3 amide bonds. The molecule has 2 aliphatic rings. The number of carbonyl (C=O) groups is 3. The lowest BCUT2D eigenvalue weighted by Gasteiger charge is -2.35. The number of benzene rings is 1. The lowest BCUT2D eigenvalue weighted by Crippen LogP contribution is -2.48. The summed E-state index contributed by atoms with van der Waals surface area (Å²) >= 11 is 0. The second-order valence-corrected chi connectivity index (χ2v) is 7.26. The first-order chi connectivity index (χ1) is 13.5. The van der Waals surface area contributed by atoms with E-state index in [4.69, 9.17) is 4.74 Å². The van der Waals surface area contributed by atoms with Crippen LogP contribution in [0.25, 0.3) is 0 Å². The molecule has 7 nitrogen and oxygen atoms in total. The Bertz CT molecular complexity index is 796. The smallest absolute Gasteiger partial charge is 0.337 e. The molecule has 0 spiro atoms. The van der Waals surface area contributed by atoms with Gasteiger partial charge in [-0.2, -0.15) is 0 Å². The summed E-state index contributed by atoms with van der Waals surface area (Å²) in [5, 5.41) is 5.81. The van der Waals surface area contributed by atoms with Gasteiger partial charge in [-0.1, -0.05) is 25.5 Å². The predicted octanol–water partition coefficient (Wildman–Crippen LogP) is 3.35. The van der Waals surface area contributed by atoms with Crippen molar-refractivity contribution < 1.29 is 19.1 Å². The van der Waals surface area contributed by atoms with E-state index >= 15 is 0 Å². The Hall–Kier alpha value is -2.83. The molecule has 1 aliphatic heterocycles. The Kier molecular flexibility index (Phi) is 6.02. The van der Waals surface area contributed by atoms with Crippen molar-refractivity contribution in [1.29, 1.82) is 0 Å². The topological polar surface area (TPSA) is 87.7 Å². The average molecular weight is 385 g/mol. The molecule has 1 heterocycles. The van der Waals surface area contributed by atoms with E-state index in [9.17, 15) is 14.4 Å². The molecule has 28 heavy (non-hydrogen) atoms. The van der Waals surface area contributed by atoms with Crippen molar-refractivity contribution >= 4 is 23.6 Å². The number of rotatable bonds is 7. The first kappa shape index (κ1) is 19.9. The van der Waals surface area contributed by atoms with Crippen molar-refractivity contribution in [3.63, 3.8) is 0 Å². The van der Waals surface area contributed by atoms with Gasteiger partial charge in [0.2, 0.25) is 5.91 Å². The van der Waals surface area contributed by atoms with E-state index in [0.717, 1.165) is 31.2 Å². The molecule has 0 unspecified atom stereocenters. The molecular weight excluding hydrogens is 358 g/mol. The lowest BCUT2D eigenvalue weighted by molar-refractivity contribution is -0.136. The first-order valence-corrected chi connectivity index (χ1v) is 9.74. The van der Waals surface area contributed by atoms with Gasteiger partial charge in [-0.15, -0.1) is 0 Å². The van der Waals surface area contributed by atoms with Crippen molar-refractivity contribution in [2.24, 2.45) is 5.92 Å². The molecule has 0 saturated heterocycles. The highest BCUT2D eigenvalue weighted by molar-refractivity contribution is 5.95. The Balaban J connectivity index is 1.86. The van der Waals surface area contributed by atoms with Crippen LogP contribution in [0.3, 0.4) is 0 Å². The number of methoxy groups -OCH3 is 1. The normalized spacial score (nSPS) is 19.3. The number of urea groups is 1. The third-order valence-corrected chi connectivity index (χ3v) is 5.20. The zero-order valence-corrected chi connectivity index (χ0v) is 16.6. The van der Waals surface area contributed by atoms with Gasteiger partial charge in [0.15, 0.2) is 0 Å². The van der Waals surface area contributed by atoms with Crippen molar-refractivity contribution in [1.82, 2.24) is 10.2 Å². The zero-order chi connectivity index (χ0) is 20.3. The maximum Gasteiger partial charge on any atom is 0.337 e. The summed E-state index contributed by atoms with van der Waals surface area (Å²) in [6.07, 6.45) is 3.68. The molecular formula is C21H27N3O4. The molecule has 0 bridgehead atoms. The minimum Gasteiger partial charge on any atom is -0.466 e. The van der Waals surface area contributed by atoms with E-state index in [2.05, 4.69) is 17.6 Å². The molecule has 1 aliphatic carbocycles. The molecule has 0 radical (unpaired) electrons. The van der Waals surface area contributed by atoms with Gasteiger partial charge in [0.1, 0.15) is 0 Å². The molecule has 0 aromatic heterocycles. The van der Waals surface area contributed by atoms with Gasteiger partial charge in [-0.3, -0.25) is 9.69 Å². The molecule has 1 aromatic carbocycles. The van der Waals surface area contributed by atoms with Crippen molar-refractivity contribution in [3.8, 4) is 0 Å². The summed E-state index contributed by atoms with van der Waals surface area (Å²) in [7, 11) is 1.34. The number of hydrogen-bond acceptors (Lipinski definition) is 4. The van der Waals surface area contributed by atoms with Crippen LogP contribution in [0.2, 0.25) is 0 Å². The Morgan fingerprint density at radius 1 is 1.25 bits per heavy atom. The molecule has 1 atom stereocenters. The molecule has 7 heteroatoms. The third-order valence-electron chi connectivity index (χ3n) is 5.20. The Labute approximate surface area is 165 Å². The second-order valence-electron chi connectivity index (χ2n) is 7.26. The summed E-state index contributed by atoms with van der Waals surface area (Å²) in [6, 6.07) is 6.38. The highest BCUT2D eigenvalue weighted by Crippen LogP contribution is 2.33. The number of nitrogens with one attached hydrogen (secondary N) is 2. The van der Waals surface area contributed by atoms with Crippen molar-refractivity contribution in [2.75, 3.05) is 19.0 Å². The van der Waals surface area contributed by atoms with Crippen LogP contribution in [0.15, 0.2) is 35.5 Å².